The number of rotatable bonds is 3. The van der Waals surface area contributed by atoms with Crippen molar-refractivity contribution in [3.05, 3.63) is 0 Å². The molecule has 2 amide bonds. The molecule has 2 aliphatic rings. The van der Waals surface area contributed by atoms with E-state index in [-0.39, 0.29) is 12.1 Å². The highest BCUT2D eigenvalue weighted by Gasteiger charge is 2.48. The molecule has 5 nitrogen and oxygen atoms in total. The lowest BCUT2D eigenvalue weighted by Gasteiger charge is -2.35. The number of carboxylic acids is 1. The molecule has 120 valence electrons. The van der Waals surface area contributed by atoms with Crippen LogP contribution in [0, 0.1) is 0 Å². The third-order valence-corrected chi connectivity index (χ3v) is 5.15. The summed E-state index contributed by atoms with van der Waals surface area (Å²) in [6.07, 6.45) is 9.94. The van der Waals surface area contributed by atoms with E-state index >= 15 is 0 Å². The van der Waals surface area contributed by atoms with Crippen molar-refractivity contribution in [3.8, 4) is 0 Å². The summed E-state index contributed by atoms with van der Waals surface area (Å²) in [4.78, 5) is 25.7. The Morgan fingerprint density at radius 1 is 1.14 bits per heavy atom. The number of hydrogen-bond acceptors (Lipinski definition) is 2. The number of amides is 2. The smallest absolute Gasteiger partial charge is 0.329 e. The minimum atomic E-state index is -0.994. The fourth-order valence-corrected chi connectivity index (χ4v) is 3.77. The molecule has 2 rings (SSSR count). The van der Waals surface area contributed by atoms with Crippen LogP contribution in [0.4, 0.5) is 4.79 Å². The minimum Gasteiger partial charge on any atom is -0.479 e. The van der Waals surface area contributed by atoms with Crippen LogP contribution in [0.25, 0.3) is 0 Å². The first-order valence-corrected chi connectivity index (χ1v) is 8.41. The van der Waals surface area contributed by atoms with E-state index in [2.05, 4.69) is 5.32 Å². The summed E-state index contributed by atoms with van der Waals surface area (Å²) < 4.78 is 0. The molecule has 0 spiro atoms. The molecular weight excluding hydrogens is 268 g/mol. The number of aliphatic carboxylic acids is 1. The fourth-order valence-electron chi connectivity index (χ4n) is 3.77. The van der Waals surface area contributed by atoms with Crippen LogP contribution in [0.1, 0.15) is 71.1 Å². The Morgan fingerprint density at radius 2 is 1.76 bits per heavy atom. The van der Waals surface area contributed by atoms with Gasteiger partial charge in [-0.15, -0.1) is 0 Å². The van der Waals surface area contributed by atoms with Gasteiger partial charge in [0.25, 0.3) is 0 Å². The maximum atomic E-state index is 12.5. The fraction of sp³-hybridized carbons (Fsp3) is 0.875. The van der Waals surface area contributed by atoms with Crippen molar-refractivity contribution in [2.75, 3.05) is 6.54 Å². The molecule has 1 aliphatic carbocycles. The van der Waals surface area contributed by atoms with Crippen molar-refractivity contribution < 1.29 is 14.7 Å². The molecule has 2 N–H and O–H groups in total. The number of carbonyl (C=O) groups is 2. The van der Waals surface area contributed by atoms with Crippen LogP contribution in [0.3, 0.4) is 0 Å². The van der Waals surface area contributed by atoms with Gasteiger partial charge in [-0.2, -0.15) is 0 Å². The Morgan fingerprint density at radius 3 is 2.33 bits per heavy atom. The van der Waals surface area contributed by atoms with Gasteiger partial charge >= 0.3 is 12.0 Å². The quantitative estimate of drug-likeness (QED) is 0.840. The van der Waals surface area contributed by atoms with Gasteiger partial charge in [0.15, 0.2) is 0 Å². The number of hydrogen-bond donors (Lipinski definition) is 2. The molecule has 1 atom stereocenters. The number of likely N-dealkylation sites (tertiary alicyclic amines) is 1. The number of urea groups is 1. The Bertz CT molecular complexity index is 378. The highest BCUT2D eigenvalue weighted by Crippen LogP contribution is 2.33. The van der Waals surface area contributed by atoms with Gasteiger partial charge in [-0.05, 0) is 32.1 Å². The lowest BCUT2D eigenvalue weighted by Crippen LogP contribution is -2.57. The van der Waals surface area contributed by atoms with Crippen LogP contribution < -0.4 is 5.32 Å². The zero-order chi connectivity index (χ0) is 15.3. The lowest BCUT2D eigenvalue weighted by atomic mass is 9.93. The summed E-state index contributed by atoms with van der Waals surface area (Å²) in [5, 5.41) is 12.6. The zero-order valence-corrected chi connectivity index (χ0v) is 13.1. The van der Waals surface area contributed by atoms with Crippen LogP contribution in [-0.4, -0.2) is 40.1 Å². The molecule has 0 radical (unpaired) electrons. The lowest BCUT2D eigenvalue weighted by molar-refractivity contribution is -0.148. The van der Waals surface area contributed by atoms with Crippen LogP contribution in [-0.2, 0) is 4.79 Å². The van der Waals surface area contributed by atoms with Crippen molar-refractivity contribution in [3.63, 3.8) is 0 Å². The van der Waals surface area contributed by atoms with Crippen molar-refractivity contribution in [2.45, 2.75) is 82.7 Å². The van der Waals surface area contributed by atoms with E-state index in [1.54, 1.807) is 4.90 Å². The zero-order valence-electron chi connectivity index (χ0n) is 13.1. The number of nitrogens with one attached hydrogen (secondary N) is 1. The first kappa shape index (κ1) is 16.1. The highest BCUT2D eigenvalue weighted by molar-refractivity contribution is 5.87. The van der Waals surface area contributed by atoms with Gasteiger partial charge in [0.2, 0.25) is 0 Å². The molecule has 0 aromatic rings. The van der Waals surface area contributed by atoms with Crippen molar-refractivity contribution in [1.29, 1.82) is 0 Å². The first-order chi connectivity index (χ1) is 10.1. The molecule has 5 heteroatoms. The Kier molecular flexibility index (Phi) is 5.48. The van der Waals surface area contributed by atoms with Crippen LogP contribution >= 0.6 is 0 Å². The second kappa shape index (κ2) is 7.14. The Hall–Kier alpha value is -1.26. The van der Waals surface area contributed by atoms with Gasteiger partial charge in [0, 0.05) is 12.6 Å². The second-order valence-electron chi connectivity index (χ2n) is 6.44. The highest BCUT2D eigenvalue weighted by atomic mass is 16.4. The normalized spacial score (nSPS) is 28.0. The van der Waals surface area contributed by atoms with Gasteiger partial charge < -0.3 is 15.3 Å². The predicted molar refractivity (Wildman–Crippen MR) is 81.2 cm³/mol. The number of nitrogens with zero attached hydrogens (tertiary/aromatic N) is 1. The maximum absolute atomic E-state index is 12.5. The molecule has 2 fully saturated rings. The largest absolute Gasteiger partial charge is 0.479 e. The minimum absolute atomic E-state index is 0.178. The number of carbonyl (C=O) groups excluding carboxylic acids is 1. The average molecular weight is 296 g/mol. The Balaban J connectivity index is 1.99. The van der Waals surface area contributed by atoms with E-state index in [9.17, 15) is 14.7 Å². The summed E-state index contributed by atoms with van der Waals surface area (Å²) in [5.41, 5.74) is -0.994. The van der Waals surface area contributed by atoms with Crippen LogP contribution in [0.15, 0.2) is 0 Å². The SMILES string of the molecule is CCC1(C(=O)O)CCCN1C(=O)NC1CCCCCCC1. The van der Waals surface area contributed by atoms with Crippen LogP contribution in [0.5, 0.6) is 0 Å². The van der Waals surface area contributed by atoms with E-state index in [0.29, 0.717) is 19.4 Å². The molecule has 1 heterocycles. The van der Waals surface area contributed by atoms with Gasteiger partial charge in [-0.25, -0.2) is 9.59 Å². The van der Waals surface area contributed by atoms with E-state index < -0.39 is 11.5 Å². The predicted octanol–water partition coefficient (Wildman–Crippen LogP) is 3.14. The van der Waals surface area contributed by atoms with E-state index in [1.165, 1.54) is 19.3 Å². The monoisotopic (exact) mass is 296 g/mol. The molecule has 0 aromatic heterocycles. The number of carboxylic acid groups (broad SMARTS) is 1. The third kappa shape index (κ3) is 3.50. The third-order valence-electron chi connectivity index (χ3n) is 5.15. The van der Waals surface area contributed by atoms with Crippen molar-refractivity contribution >= 4 is 12.0 Å². The molecule has 1 saturated carbocycles. The van der Waals surface area contributed by atoms with Crippen molar-refractivity contribution in [2.24, 2.45) is 0 Å². The summed E-state index contributed by atoms with van der Waals surface area (Å²) in [7, 11) is 0. The molecule has 0 bridgehead atoms. The topological polar surface area (TPSA) is 69.6 Å². The average Bonchev–Trinajstić information content (AvgIpc) is 2.86. The van der Waals surface area contributed by atoms with Crippen LogP contribution in [0.2, 0.25) is 0 Å². The summed E-state index contributed by atoms with van der Waals surface area (Å²) in [6, 6.07) is 0.0316. The molecule has 1 aliphatic heterocycles. The molecule has 1 saturated heterocycles. The summed E-state index contributed by atoms with van der Waals surface area (Å²) in [5.74, 6) is -0.865. The maximum Gasteiger partial charge on any atom is 0.329 e. The molecule has 0 aromatic carbocycles. The molecule has 21 heavy (non-hydrogen) atoms. The van der Waals surface area contributed by atoms with E-state index in [1.807, 2.05) is 6.92 Å². The van der Waals surface area contributed by atoms with E-state index in [4.69, 9.17) is 0 Å². The standard InChI is InChI=1S/C16H28N2O3/c1-2-16(14(19)20)11-8-12-18(16)15(21)17-13-9-6-4-3-5-7-10-13/h13H,2-12H2,1H3,(H,17,21)(H,19,20). The van der Waals surface area contributed by atoms with Gasteiger partial charge in [-0.3, -0.25) is 0 Å². The van der Waals surface area contributed by atoms with Gasteiger partial charge in [-0.1, -0.05) is 39.0 Å². The van der Waals surface area contributed by atoms with E-state index in [0.717, 1.165) is 32.1 Å². The first-order valence-electron chi connectivity index (χ1n) is 8.41. The van der Waals surface area contributed by atoms with Gasteiger partial charge in [0.1, 0.15) is 5.54 Å². The summed E-state index contributed by atoms with van der Waals surface area (Å²) in [6.45, 7) is 2.41. The van der Waals surface area contributed by atoms with Gasteiger partial charge in [0.05, 0.1) is 0 Å². The Labute approximate surface area is 127 Å². The van der Waals surface area contributed by atoms with Crippen molar-refractivity contribution in [1.82, 2.24) is 10.2 Å². The summed E-state index contributed by atoms with van der Waals surface area (Å²) >= 11 is 0. The second-order valence-corrected chi connectivity index (χ2v) is 6.44. The molecular formula is C16H28N2O3. The molecule has 1 unspecified atom stereocenters.